The molecule has 7 nitrogen and oxygen atoms in total. The van der Waals surface area contributed by atoms with Gasteiger partial charge in [-0.15, -0.1) is 0 Å². The summed E-state index contributed by atoms with van der Waals surface area (Å²) in [5.74, 6) is 0. The molecule has 0 aliphatic rings. The number of sulfonamides is 1. The van der Waals surface area contributed by atoms with Crippen molar-refractivity contribution in [3.63, 3.8) is 0 Å². The highest BCUT2D eigenvalue weighted by molar-refractivity contribution is 7.89. The summed E-state index contributed by atoms with van der Waals surface area (Å²) in [6.45, 7) is 0.452. The van der Waals surface area contributed by atoms with Crippen LogP contribution in [0.25, 0.3) is 0 Å². The molecular weight excluding hydrogens is 222 g/mol. The Balaban J connectivity index is 2.53. The monoisotopic (exact) mass is 235 g/mol. The van der Waals surface area contributed by atoms with Crippen LogP contribution in [0.3, 0.4) is 0 Å². The standard InChI is InChI=1S/C7H13N3O4S/c1-10-5-7(8-6-10)15(11,12)9-14-4-3-13-2/h5-6,9H,3-4H2,1-2H3. The second kappa shape index (κ2) is 5.21. The van der Waals surface area contributed by atoms with Crippen LogP contribution in [0.4, 0.5) is 0 Å². The lowest BCUT2D eigenvalue weighted by Gasteiger charge is -2.03. The summed E-state index contributed by atoms with van der Waals surface area (Å²) in [6, 6.07) is 0. The van der Waals surface area contributed by atoms with Crippen molar-refractivity contribution in [2.24, 2.45) is 7.05 Å². The van der Waals surface area contributed by atoms with E-state index in [-0.39, 0.29) is 11.6 Å². The fraction of sp³-hybridized carbons (Fsp3) is 0.571. The summed E-state index contributed by atoms with van der Waals surface area (Å²) in [7, 11) is -0.505. The van der Waals surface area contributed by atoms with E-state index in [4.69, 9.17) is 4.84 Å². The maximum atomic E-state index is 11.5. The third-order valence-electron chi connectivity index (χ3n) is 1.51. The number of nitrogens with zero attached hydrogens (tertiary/aromatic N) is 2. The molecule has 1 aromatic heterocycles. The molecule has 0 spiro atoms. The molecule has 86 valence electrons. The van der Waals surface area contributed by atoms with Gasteiger partial charge in [0.25, 0.3) is 10.0 Å². The quantitative estimate of drug-likeness (QED) is 0.519. The van der Waals surface area contributed by atoms with E-state index in [0.717, 1.165) is 0 Å². The van der Waals surface area contributed by atoms with E-state index in [9.17, 15) is 8.42 Å². The van der Waals surface area contributed by atoms with Crippen LogP contribution < -0.4 is 4.89 Å². The molecule has 0 fully saturated rings. The fourth-order valence-corrected chi connectivity index (χ4v) is 1.63. The Labute approximate surface area is 88.0 Å². The first kappa shape index (κ1) is 12.1. The summed E-state index contributed by atoms with van der Waals surface area (Å²) >= 11 is 0. The Morgan fingerprint density at radius 1 is 1.53 bits per heavy atom. The minimum atomic E-state index is -3.68. The summed E-state index contributed by atoms with van der Waals surface area (Å²) in [5.41, 5.74) is 0. The van der Waals surface area contributed by atoms with Crippen molar-refractivity contribution in [2.75, 3.05) is 20.3 Å². The average Bonchev–Trinajstić information content (AvgIpc) is 2.60. The van der Waals surface area contributed by atoms with Crippen LogP contribution in [0.1, 0.15) is 0 Å². The van der Waals surface area contributed by atoms with Crippen LogP contribution in [0.2, 0.25) is 0 Å². The minimum Gasteiger partial charge on any atom is -0.382 e. The highest BCUT2D eigenvalue weighted by Gasteiger charge is 2.16. The highest BCUT2D eigenvalue weighted by atomic mass is 32.2. The fourth-order valence-electron chi connectivity index (χ4n) is 0.815. The molecule has 0 unspecified atom stereocenters. The van der Waals surface area contributed by atoms with Crippen molar-refractivity contribution in [1.29, 1.82) is 0 Å². The number of ether oxygens (including phenoxy) is 1. The van der Waals surface area contributed by atoms with Gasteiger partial charge in [0.05, 0.1) is 19.5 Å². The number of imidazole rings is 1. The molecular formula is C7H13N3O4S. The SMILES string of the molecule is COCCONS(=O)(=O)c1cn(C)cn1. The molecule has 0 atom stereocenters. The van der Waals surface area contributed by atoms with Gasteiger partial charge >= 0.3 is 0 Å². The van der Waals surface area contributed by atoms with Gasteiger partial charge in [0.1, 0.15) is 0 Å². The van der Waals surface area contributed by atoms with E-state index in [1.165, 1.54) is 24.2 Å². The number of hydrogen-bond donors (Lipinski definition) is 1. The van der Waals surface area contributed by atoms with Gasteiger partial charge in [-0.2, -0.15) is 0 Å². The number of aromatic nitrogens is 2. The zero-order valence-corrected chi connectivity index (χ0v) is 9.32. The second-order valence-electron chi connectivity index (χ2n) is 2.81. The molecule has 0 saturated heterocycles. The van der Waals surface area contributed by atoms with E-state index in [1.54, 1.807) is 7.05 Å². The molecule has 0 aromatic carbocycles. The summed E-state index contributed by atoms with van der Waals surface area (Å²) in [4.78, 5) is 10.3. The Morgan fingerprint density at radius 3 is 2.80 bits per heavy atom. The molecule has 0 aliphatic carbocycles. The van der Waals surface area contributed by atoms with Crippen LogP contribution in [-0.2, 0) is 26.6 Å². The van der Waals surface area contributed by atoms with Gasteiger partial charge in [-0.3, -0.25) is 4.84 Å². The van der Waals surface area contributed by atoms with Gasteiger partial charge in [0.2, 0.25) is 0 Å². The number of rotatable bonds is 6. The van der Waals surface area contributed by atoms with Gasteiger partial charge < -0.3 is 9.30 Å². The molecule has 0 aliphatic heterocycles. The molecule has 1 heterocycles. The number of aryl methyl sites for hydroxylation is 1. The third kappa shape index (κ3) is 3.59. The average molecular weight is 235 g/mol. The van der Waals surface area contributed by atoms with Crippen LogP contribution in [0.15, 0.2) is 17.6 Å². The van der Waals surface area contributed by atoms with Crippen molar-refractivity contribution in [3.8, 4) is 0 Å². The molecule has 0 saturated carbocycles. The maximum Gasteiger partial charge on any atom is 0.281 e. The number of methoxy groups -OCH3 is 1. The Kier molecular flexibility index (Phi) is 4.21. The molecule has 1 N–H and O–H groups in total. The minimum absolute atomic E-state index is 0.0811. The van der Waals surface area contributed by atoms with Gasteiger partial charge in [-0.25, -0.2) is 13.4 Å². The maximum absolute atomic E-state index is 11.5. The largest absolute Gasteiger partial charge is 0.382 e. The van der Waals surface area contributed by atoms with Crippen LogP contribution in [0.5, 0.6) is 0 Å². The van der Waals surface area contributed by atoms with E-state index < -0.39 is 10.0 Å². The predicted octanol–water partition coefficient (Wildman–Crippen LogP) is -0.724. The first-order valence-electron chi connectivity index (χ1n) is 4.17. The molecule has 1 rings (SSSR count). The van der Waals surface area contributed by atoms with Crippen molar-refractivity contribution < 1.29 is 18.0 Å². The summed E-state index contributed by atoms with van der Waals surface area (Å²) in [5, 5.41) is -0.0811. The number of nitrogens with one attached hydrogen (secondary N) is 1. The predicted molar refractivity (Wildman–Crippen MR) is 51.4 cm³/mol. The van der Waals surface area contributed by atoms with Crippen molar-refractivity contribution in [2.45, 2.75) is 5.03 Å². The second-order valence-corrected chi connectivity index (χ2v) is 4.40. The highest BCUT2D eigenvalue weighted by Crippen LogP contribution is 2.03. The lowest BCUT2D eigenvalue weighted by molar-refractivity contribution is 0.0437. The first-order valence-corrected chi connectivity index (χ1v) is 5.65. The Bertz CT molecular complexity index is 400. The normalized spacial score (nSPS) is 11.9. The van der Waals surface area contributed by atoms with Crippen molar-refractivity contribution >= 4 is 10.0 Å². The van der Waals surface area contributed by atoms with Crippen molar-refractivity contribution in [1.82, 2.24) is 14.4 Å². The van der Waals surface area contributed by atoms with Crippen LogP contribution >= 0.6 is 0 Å². The lowest BCUT2D eigenvalue weighted by Crippen LogP contribution is -2.26. The zero-order chi connectivity index (χ0) is 11.3. The molecule has 0 radical (unpaired) electrons. The number of hydrogen-bond acceptors (Lipinski definition) is 5. The van der Waals surface area contributed by atoms with Crippen LogP contribution in [-0.4, -0.2) is 38.3 Å². The third-order valence-corrected chi connectivity index (χ3v) is 2.61. The van der Waals surface area contributed by atoms with Crippen LogP contribution in [0, 0.1) is 0 Å². The van der Waals surface area contributed by atoms with E-state index in [2.05, 4.69) is 9.72 Å². The molecule has 0 bridgehead atoms. The molecule has 15 heavy (non-hydrogen) atoms. The zero-order valence-electron chi connectivity index (χ0n) is 8.50. The topological polar surface area (TPSA) is 82.5 Å². The smallest absolute Gasteiger partial charge is 0.281 e. The van der Waals surface area contributed by atoms with Gasteiger partial charge in [0, 0.05) is 20.4 Å². The summed E-state index contributed by atoms with van der Waals surface area (Å²) in [6.07, 6.45) is 2.77. The van der Waals surface area contributed by atoms with Gasteiger partial charge in [-0.1, -0.05) is 4.89 Å². The molecule has 1 aromatic rings. The van der Waals surface area contributed by atoms with Gasteiger partial charge in [0.15, 0.2) is 5.03 Å². The van der Waals surface area contributed by atoms with E-state index >= 15 is 0 Å². The Morgan fingerprint density at radius 2 is 2.27 bits per heavy atom. The molecule has 0 amide bonds. The van der Waals surface area contributed by atoms with Gasteiger partial charge in [-0.05, 0) is 0 Å². The van der Waals surface area contributed by atoms with E-state index in [0.29, 0.717) is 6.61 Å². The van der Waals surface area contributed by atoms with E-state index in [1.807, 2.05) is 4.89 Å². The Hall–Kier alpha value is -0.960. The van der Waals surface area contributed by atoms with Crippen molar-refractivity contribution in [3.05, 3.63) is 12.5 Å². The summed E-state index contributed by atoms with van der Waals surface area (Å²) < 4.78 is 29.1. The first-order chi connectivity index (χ1) is 7.06. The lowest BCUT2D eigenvalue weighted by atomic mass is 10.8. The molecule has 8 heteroatoms.